The first kappa shape index (κ1) is 16.7. The Morgan fingerprint density at radius 1 is 1.25 bits per heavy atom. The average Bonchev–Trinajstić information content (AvgIpc) is 2.38. The first-order valence-corrected chi connectivity index (χ1v) is 8.04. The maximum atomic E-state index is 12.6. The molecule has 0 aliphatic heterocycles. The van der Waals surface area contributed by atoms with Crippen LogP contribution in [0.15, 0.2) is 17.0 Å². The van der Waals surface area contributed by atoms with E-state index in [1.165, 1.54) is 16.4 Å². The van der Waals surface area contributed by atoms with Crippen LogP contribution in [0.25, 0.3) is 0 Å². The maximum Gasteiger partial charge on any atom is 0.335 e. The highest BCUT2D eigenvalue weighted by atomic mass is 32.2. The van der Waals surface area contributed by atoms with Gasteiger partial charge in [-0.05, 0) is 43.5 Å². The summed E-state index contributed by atoms with van der Waals surface area (Å²) in [5.74, 6) is -1.12. The molecule has 0 aliphatic carbocycles. The van der Waals surface area contributed by atoms with Crippen LogP contribution in [-0.4, -0.2) is 36.9 Å². The number of benzene rings is 1. The Labute approximate surface area is 120 Å². The number of rotatable bonds is 6. The van der Waals surface area contributed by atoms with E-state index in [1.807, 2.05) is 6.92 Å². The Hall–Kier alpha value is -1.40. The number of hydrogen-bond acceptors (Lipinski definition) is 3. The lowest BCUT2D eigenvalue weighted by atomic mass is 10.1. The van der Waals surface area contributed by atoms with Gasteiger partial charge in [0.15, 0.2) is 0 Å². The summed E-state index contributed by atoms with van der Waals surface area (Å²) in [5, 5.41) is 9.08. The van der Waals surface area contributed by atoms with Gasteiger partial charge in [-0.1, -0.05) is 13.8 Å². The van der Waals surface area contributed by atoms with E-state index < -0.39 is 16.0 Å². The van der Waals surface area contributed by atoms with Gasteiger partial charge in [0.25, 0.3) is 0 Å². The quantitative estimate of drug-likeness (QED) is 0.875. The molecule has 1 aromatic rings. The zero-order valence-corrected chi connectivity index (χ0v) is 13.1. The maximum absolute atomic E-state index is 12.6. The molecule has 0 saturated carbocycles. The molecule has 0 amide bonds. The van der Waals surface area contributed by atoms with E-state index in [1.54, 1.807) is 20.8 Å². The topological polar surface area (TPSA) is 74.7 Å². The molecule has 112 valence electrons. The fourth-order valence-electron chi connectivity index (χ4n) is 2.06. The van der Waals surface area contributed by atoms with Crippen molar-refractivity contribution in [3.05, 3.63) is 28.8 Å². The van der Waals surface area contributed by atoms with Gasteiger partial charge in [0.2, 0.25) is 10.0 Å². The van der Waals surface area contributed by atoms with E-state index in [-0.39, 0.29) is 10.5 Å². The molecule has 0 unspecified atom stereocenters. The second-order valence-corrected chi connectivity index (χ2v) is 6.62. The molecular weight excluding hydrogens is 278 g/mol. The van der Waals surface area contributed by atoms with E-state index in [2.05, 4.69) is 0 Å². The predicted octanol–water partition coefficient (Wildman–Crippen LogP) is 2.42. The van der Waals surface area contributed by atoms with Crippen LogP contribution in [0.3, 0.4) is 0 Å². The first-order valence-electron chi connectivity index (χ1n) is 6.60. The minimum absolute atomic E-state index is 0.000716. The van der Waals surface area contributed by atoms with Crippen molar-refractivity contribution >= 4 is 16.0 Å². The van der Waals surface area contributed by atoms with Gasteiger partial charge < -0.3 is 5.11 Å². The van der Waals surface area contributed by atoms with Crippen LogP contribution in [0.2, 0.25) is 0 Å². The molecule has 0 fully saturated rings. The third-order valence-electron chi connectivity index (χ3n) is 3.31. The van der Waals surface area contributed by atoms with Gasteiger partial charge in [0, 0.05) is 13.1 Å². The fraction of sp³-hybridized carbons (Fsp3) is 0.500. The lowest BCUT2D eigenvalue weighted by molar-refractivity contribution is 0.0696. The summed E-state index contributed by atoms with van der Waals surface area (Å²) in [6.45, 7) is 7.89. The van der Waals surface area contributed by atoms with E-state index in [4.69, 9.17) is 5.11 Å². The van der Waals surface area contributed by atoms with Crippen LogP contribution >= 0.6 is 0 Å². The molecule has 0 bridgehead atoms. The minimum atomic E-state index is -3.65. The molecule has 5 nitrogen and oxygen atoms in total. The number of aromatic carboxylic acids is 1. The molecule has 1 N–H and O–H groups in total. The zero-order chi connectivity index (χ0) is 15.5. The highest BCUT2D eigenvalue weighted by Gasteiger charge is 2.26. The Kier molecular flexibility index (Phi) is 5.30. The molecule has 0 spiro atoms. The molecule has 0 heterocycles. The third kappa shape index (κ3) is 3.19. The van der Waals surface area contributed by atoms with E-state index in [0.29, 0.717) is 30.6 Å². The molecule has 0 radical (unpaired) electrons. The molecule has 6 heteroatoms. The number of hydrogen-bond donors (Lipinski definition) is 1. The summed E-state index contributed by atoms with van der Waals surface area (Å²) in [6.07, 6.45) is 0.712. The Balaban J connectivity index is 3.48. The van der Waals surface area contributed by atoms with Gasteiger partial charge in [-0.2, -0.15) is 4.31 Å². The van der Waals surface area contributed by atoms with Crippen molar-refractivity contribution in [3.63, 3.8) is 0 Å². The fourth-order valence-corrected chi connectivity index (χ4v) is 3.92. The van der Waals surface area contributed by atoms with Crippen LogP contribution in [0.5, 0.6) is 0 Å². The van der Waals surface area contributed by atoms with Crippen LogP contribution in [-0.2, 0) is 10.0 Å². The van der Waals surface area contributed by atoms with Gasteiger partial charge in [-0.3, -0.25) is 0 Å². The van der Waals surface area contributed by atoms with Gasteiger partial charge >= 0.3 is 5.97 Å². The van der Waals surface area contributed by atoms with Crippen molar-refractivity contribution in [2.45, 2.75) is 39.0 Å². The van der Waals surface area contributed by atoms with Crippen LogP contribution in [0, 0.1) is 13.8 Å². The number of nitrogens with zero attached hydrogens (tertiary/aromatic N) is 1. The minimum Gasteiger partial charge on any atom is -0.478 e. The molecular formula is C14H21NO4S. The second kappa shape index (κ2) is 6.37. The van der Waals surface area contributed by atoms with Crippen LogP contribution in [0.4, 0.5) is 0 Å². The summed E-state index contributed by atoms with van der Waals surface area (Å²) >= 11 is 0. The molecule has 0 atom stereocenters. The van der Waals surface area contributed by atoms with E-state index in [9.17, 15) is 13.2 Å². The van der Waals surface area contributed by atoms with E-state index in [0.717, 1.165) is 0 Å². The number of carbonyl (C=O) groups is 1. The van der Waals surface area contributed by atoms with Crippen molar-refractivity contribution < 1.29 is 18.3 Å². The van der Waals surface area contributed by atoms with Gasteiger partial charge in [-0.25, -0.2) is 13.2 Å². The Bertz CT molecular complexity index is 608. The largest absolute Gasteiger partial charge is 0.478 e. The standard InChI is InChI=1S/C14H21NO4S/c1-5-7-15(6-2)20(18,19)13-9-12(14(16)17)8-10(3)11(13)4/h8-9H,5-7H2,1-4H3,(H,16,17). The third-order valence-corrected chi connectivity index (χ3v) is 5.41. The SMILES string of the molecule is CCCN(CC)S(=O)(=O)c1cc(C(=O)O)cc(C)c1C. The molecule has 0 aliphatic rings. The smallest absolute Gasteiger partial charge is 0.335 e. The molecule has 0 aromatic heterocycles. The highest BCUT2D eigenvalue weighted by Crippen LogP contribution is 2.24. The number of carboxylic acids is 1. The average molecular weight is 299 g/mol. The molecule has 0 saturated heterocycles. The lowest BCUT2D eigenvalue weighted by Crippen LogP contribution is -2.32. The van der Waals surface area contributed by atoms with Crippen molar-refractivity contribution in [1.29, 1.82) is 0 Å². The zero-order valence-electron chi connectivity index (χ0n) is 12.3. The van der Waals surface area contributed by atoms with Crippen molar-refractivity contribution in [2.24, 2.45) is 0 Å². The lowest BCUT2D eigenvalue weighted by Gasteiger charge is -2.21. The Morgan fingerprint density at radius 2 is 1.85 bits per heavy atom. The van der Waals surface area contributed by atoms with Gasteiger partial charge in [0.05, 0.1) is 10.5 Å². The summed E-state index contributed by atoms with van der Waals surface area (Å²) in [4.78, 5) is 11.2. The molecule has 1 aromatic carbocycles. The Morgan fingerprint density at radius 3 is 2.30 bits per heavy atom. The van der Waals surface area contributed by atoms with Crippen LogP contribution in [0.1, 0.15) is 41.8 Å². The monoisotopic (exact) mass is 299 g/mol. The molecule has 20 heavy (non-hydrogen) atoms. The van der Waals surface area contributed by atoms with Gasteiger partial charge in [0.1, 0.15) is 0 Å². The molecule has 1 rings (SSSR count). The van der Waals surface area contributed by atoms with Crippen molar-refractivity contribution in [1.82, 2.24) is 4.31 Å². The predicted molar refractivity (Wildman–Crippen MR) is 77.6 cm³/mol. The number of sulfonamides is 1. The van der Waals surface area contributed by atoms with Crippen molar-refractivity contribution in [2.75, 3.05) is 13.1 Å². The summed E-state index contributed by atoms with van der Waals surface area (Å²) < 4.78 is 26.6. The number of carboxylic acid groups (broad SMARTS) is 1. The van der Waals surface area contributed by atoms with Gasteiger partial charge in [-0.15, -0.1) is 0 Å². The number of aryl methyl sites for hydroxylation is 1. The summed E-state index contributed by atoms with van der Waals surface area (Å²) in [6, 6.07) is 2.74. The highest BCUT2D eigenvalue weighted by molar-refractivity contribution is 7.89. The summed E-state index contributed by atoms with van der Waals surface area (Å²) in [7, 11) is -3.65. The normalized spacial score (nSPS) is 11.8. The van der Waals surface area contributed by atoms with Crippen LogP contribution < -0.4 is 0 Å². The first-order chi connectivity index (χ1) is 9.25. The summed E-state index contributed by atoms with van der Waals surface area (Å²) in [5.41, 5.74) is 1.26. The second-order valence-electron chi connectivity index (χ2n) is 4.72. The van der Waals surface area contributed by atoms with Crippen molar-refractivity contribution in [3.8, 4) is 0 Å². The van der Waals surface area contributed by atoms with E-state index >= 15 is 0 Å².